The van der Waals surface area contributed by atoms with Gasteiger partial charge in [0.25, 0.3) is 0 Å². The Bertz CT molecular complexity index is 1040. The highest BCUT2D eigenvalue weighted by atomic mass is 127. The van der Waals surface area contributed by atoms with E-state index in [2.05, 4.69) is 40.9 Å². The number of para-hydroxylation sites is 1. The van der Waals surface area contributed by atoms with Crippen molar-refractivity contribution in [1.82, 2.24) is 20.4 Å². The summed E-state index contributed by atoms with van der Waals surface area (Å²) in [5, 5.41) is 11.2. The van der Waals surface area contributed by atoms with Crippen LogP contribution in [0, 0.1) is 13.8 Å². The van der Waals surface area contributed by atoms with Gasteiger partial charge in [-0.2, -0.15) is 5.10 Å². The molecular formula is C24H32IN5OS. The fourth-order valence-corrected chi connectivity index (χ4v) is 4.38. The number of rotatable bonds is 9. The molecule has 0 spiro atoms. The lowest BCUT2D eigenvalue weighted by molar-refractivity contribution is 0.680. The SMILES string of the molecule is CCNC(=NCc1ccccc1-n1nc(C)cc1C)NCCS(=O)Cc1ccccc1.I. The largest absolute Gasteiger partial charge is 0.357 e. The second-order valence-electron chi connectivity index (χ2n) is 7.36. The van der Waals surface area contributed by atoms with Crippen molar-refractivity contribution < 1.29 is 4.21 Å². The summed E-state index contributed by atoms with van der Waals surface area (Å²) in [5.74, 6) is 1.87. The summed E-state index contributed by atoms with van der Waals surface area (Å²) < 4.78 is 14.3. The quantitative estimate of drug-likeness (QED) is 0.233. The third-order valence-corrected chi connectivity index (χ3v) is 6.09. The zero-order chi connectivity index (χ0) is 22.1. The minimum Gasteiger partial charge on any atom is -0.357 e. The van der Waals surface area contributed by atoms with E-state index < -0.39 is 10.8 Å². The normalized spacial score (nSPS) is 12.2. The molecule has 3 aromatic rings. The zero-order valence-electron chi connectivity index (χ0n) is 18.9. The van der Waals surface area contributed by atoms with Crippen molar-refractivity contribution in [2.24, 2.45) is 4.99 Å². The highest BCUT2D eigenvalue weighted by Crippen LogP contribution is 2.17. The molecule has 0 fully saturated rings. The molecule has 0 radical (unpaired) electrons. The van der Waals surface area contributed by atoms with Crippen molar-refractivity contribution in [2.75, 3.05) is 18.8 Å². The number of benzene rings is 2. The molecule has 1 aromatic heterocycles. The van der Waals surface area contributed by atoms with E-state index in [9.17, 15) is 4.21 Å². The maximum absolute atomic E-state index is 12.4. The number of aryl methyl sites for hydroxylation is 2. The van der Waals surface area contributed by atoms with Crippen molar-refractivity contribution in [3.63, 3.8) is 0 Å². The van der Waals surface area contributed by atoms with E-state index in [1.54, 1.807) is 0 Å². The summed E-state index contributed by atoms with van der Waals surface area (Å²) in [7, 11) is -0.917. The minimum absolute atomic E-state index is 0. The lowest BCUT2D eigenvalue weighted by Crippen LogP contribution is -2.39. The van der Waals surface area contributed by atoms with Crippen molar-refractivity contribution in [3.05, 3.63) is 83.2 Å². The van der Waals surface area contributed by atoms with Gasteiger partial charge in [-0.05, 0) is 44.0 Å². The van der Waals surface area contributed by atoms with Crippen LogP contribution in [0.1, 0.15) is 29.4 Å². The molecule has 0 aliphatic carbocycles. The molecule has 8 heteroatoms. The van der Waals surface area contributed by atoms with E-state index in [4.69, 9.17) is 4.99 Å². The summed E-state index contributed by atoms with van der Waals surface area (Å²) in [6.07, 6.45) is 0. The van der Waals surface area contributed by atoms with E-state index in [-0.39, 0.29) is 24.0 Å². The van der Waals surface area contributed by atoms with Gasteiger partial charge in [0.1, 0.15) is 0 Å². The molecule has 172 valence electrons. The van der Waals surface area contributed by atoms with Crippen LogP contribution in [0.5, 0.6) is 0 Å². The smallest absolute Gasteiger partial charge is 0.191 e. The first-order valence-corrected chi connectivity index (χ1v) is 12.1. The third-order valence-electron chi connectivity index (χ3n) is 4.77. The van der Waals surface area contributed by atoms with Crippen LogP contribution >= 0.6 is 24.0 Å². The molecule has 0 saturated carbocycles. The van der Waals surface area contributed by atoms with E-state index >= 15 is 0 Å². The molecular weight excluding hydrogens is 533 g/mol. The van der Waals surface area contributed by atoms with Crippen LogP contribution in [-0.4, -0.2) is 38.8 Å². The van der Waals surface area contributed by atoms with Gasteiger partial charge in [-0.15, -0.1) is 24.0 Å². The number of hydrogen-bond donors (Lipinski definition) is 2. The molecule has 3 rings (SSSR count). The van der Waals surface area contributed by atoms with Gasteiger partial charge in [-0.1, -0.05) is 48.5 Å². The van der Waals surface area contributed by atoms with E-state index in [1.807, 2.05) is 61.0 Å². The van der Waals surface area contributed by atoms with Gasteiger partial charge < -0.3 is 10.6 Å². The number of aromatic nitrogens is 2. The van der Waals surface area contributed by atoms with Gasteiger partial charge in [0.15, 0.2) is 5.96 Å². The standard InChI is InChI=1S/C24H31N5OS.HI/c1-4-25-24(26-14-15-31(30)18-21-10-6-5-7-11-21)27-17-22-12-8-9-13-23(22)29-20(3)16-19(2)28-29;/h5-13,16H,4,14-15,17-18H2,1-3H3,(H2,25,26,27);1H. The van der Waals surface area contributed by atoms with E-state index in [1.165, 1.54) is 0 Å². The van der Waals surface area contributed by atoms with Crippen LogP contribution in [0.3, 0.4) is 0 Å². The fourth-order valence-electron chi connectivity index (χ4n) is 3.35. The summed E-state index contributed by atoms with van der Waals surface area (Å²) in [6, 6.07) is 20.2. The summed E-state index contributed by atoms with van der Waals surface area (Å²) >= 11 is 0. The van der Waals surface area contributed by atoms with Crippen molar-refractivity contribution in [3.8, 4) is 5.69 Å². The molecule has 6 nitrogen and oxygen atoms in total. The molecule has 32 heavy (non-hydrogen) atoms. The Morgan fingerprint density at radius 2 is 1.78 bits per heavy atom. The monoisotopic (exact) mass is 565 g/mol. The Morgan fingerprint density at radius 3 is 2.47 bits per heavy atom. The molecule has 0 aliphatic heterocycles. The number of aliphatic imine (C=N–C) groups is 1. The molecule has 0 aliphatic rings. The number of hydrogen-bond acceptors (Lipinski definition) is 3. The van der Waals surface area contributed by atoms with Crippen LogP contribution in [0.25, 0.3) is 5.69 Å². The van der Waals surface area contributed by atoms with Crippen LogP contribution < -0.4 is 10.6 Å². The van der Waals surface area contributed by atoms with E-state index in [0.29, 0.717) is 24.6 Å². The maximum Gasteiger partial charge on any atom is 0.191 e. The first kappa shape index (κ1) is 26.1. The highest BCUT2D eigenvalue weighted by molar-refractivity contribution is 14.0. The molecule has 0 saturated heterocycles. The Hall–Kier alpha value is -2.20. The first-order valence-electron chi connectivity index (χ1n) is 10.6. The molecule has 0 bridgehead atoms. The topological polar surface area (TPSA) is 71.3 Å². The van der Waals surface area contributed by atoms with E-state index in [0.717, 1.165) is 40.7 Å². The number of nitrogens with zero attached hydrogens (tertiary/aromatic N) is 3. The van der Waals surface area contributed by atoms with Gasteiger partial charge in [-0.25, -0.2) is 9.67 Å². The summed E-state index contributed by atoms with van der Waals surface area (Å²) in [4.78, 5) is 4.74. The third kappa shape index (κ3) is 7.74. The van der Waals surface area contributed by atoms with Crippen LogP contribution in [0.15, 0.2) is 65.7 Å². The maximum atomic E-state index is 12.4. The molecule has 2 aromatic carbocycles. The van der Waals surface area contributed by atoms with Crippen LogP contribution in [0.2, 0.25) is 0 Å². The number of halogens is 1. The molecule has 2 N–H and O–H groups in total. The second-order valence-corrected chi connectivity index (χ2v) is 8.94. The minimum atomic E-state index is -0.917. The fraction of sp³-hybridized carbons (Fsp3) is 0.333. The average molecular weight is 566 g/mol. The number of guanidine groups is 1. The average Bonchev–Trinajstić information content (AvgIpc) is 3.10. The van der Waals surface area contributed by atoms with Gasteiger partial charge in [0.2, 0.25) is 0 Å². The zero-order valence-corrected chi connectivity index (χ0v) is 22.0. The Morgan fingerprint density at radius 1 is 1.06 bits per heavy atom. The molecule has 1 unspecified atom stereocenters. The Balaban J connectivity index is 0.00000363. The number of nitrogens with one attached hydrogen (secondary N) is 2. The van der Waals surface area contributed by atoms with Crippen molar-refractivity contribution >= 4 is 40.7 Å². The highest BCUT2D eigenvalue weighted by Gasteiger charge is 2.09. The Kier molecular flexibility index (Phi) is 10.9. The predicted molar refractivity (Wildman–Crippen MR) is 144 cm³/mol. The van der Waals surface area contributed by atoms with Crippen molar-refractivity contribution in [1.29, 1.82) is 0 Å². The van der Waals surface area contributed by atoms with Gasteiger partial charge in [0.05, 0.1) is 17.9 Å². The lowest BCUT2D eigenvalue weighted by atomic mass is 10.2. The second kappa shape index (κ2) is 13.4. The van der Waals surface area contributed by atoms with Crippen LogP contribution in [0.4, 0.5) is 0 Å². The lowest BCUT2D eigenvalue weighted by Gasteiger charge is -2.13. The molecule has 1 heterocycles. The molecule has 0 amide bonds. The summed E-state index contributed by atoms with van der Waals surface area (Å²) in [6.45, 7) is 7.98. The van der Waals surface area contributed by atoms with Gasteiger partial charge in [0, 0.05) is 41.1 Å². The summed E-state index contributed by atoms with van der Waals surface area (Å²) in [5.41, 5.74) is 5.33. The van der Waals surface area contributed by atoms with Crippen molar-refractivity contribution in [2.45, 2.75) is 33.1 Å². The van der Waals surface area contributed by atoms with Gasteiger partial charge >= 0.3 is 0 Å². The first-order chi connectivity index (χ1) is 15.1. The Labute approximate surface area is 210 Å². The van der Waals surface area contributed by atoms with Crippen LogP contribution in [-0.2, 0) is 23.1 Å². The van der Waals surface area contributed by atoms with Gasteiger partial charge in [-0.3, -0.25) is 4.21 Å². The molecule has 1 atom stereocenters. The predicted octanol–water partition coefficient (Wildman–Crippen LogP) is 4.11.